The monoisotopic (exact) mass is 386 g/mol. The van der Waals surface area contributed by atoms with E-state index in [1.54, 1.807) is 6.20 Å². The number of carbonyl (C=O) groups is 2. The molecular formula is C20H26N4O2S. The first-order valence-corrected chi connectivity index (χ1v) is 10.8. The molecule has 1 saturated heterocycles. The Morgan fingerprint density at radius 3 is 2.74 bits per heavy atom. The van der Waals surface area contributed by atoms with Gasteiger partial charge in [-0.1, -0.05) is 25.3 Å². The number of rotatable bonds is 4. The zero-order chi connectivity index (χ0) is 18.6. The second kappa shape index (κ2) is 8.25. The summed E-state index contributed by atoms with van der Waals surface area (Å²) in [5.41, 5.74) is 0. The molecule has 0 radical (unpaired) electrons. The molecule has 2 amide bonds. The highest BCUT2D eigenvalue weighted by Gasteiger charge is 2.30. The van der Waals surface area contributed by atoms with Crippen LogP contribution in [0.3, 0.4) is 0 Å². The van der Waals surface area contributed by atoms with E-state index in [1.165, 1.54) is 30.6 Å². The van der Waals surface area contributed by atoms with E-state index in [-0.39, 0.29) is 17.7 Å². The highest BCUT2D eigenvalue weighted by molar-refractivity contribution is 7.12. The summed E-state index contributed by atoms with van der Waals surface area (Å²) in [6.07, 6.45) is 9.41. The van der Waals surface area contributed by atoms with Crippen LogP contribution in [0.1, 0.15) is 60.7 Å². The van der Waals surface area contributed by atoms with Gasteiger partial charge in [-0.05, 0) is 37.1 Å². The van der Waals surface area contributed by atoms with Gasteiger partial charge in [0.25, 0.3) is 5.91 Å². The van der Waals surface area contributed by atoms with E-state index in [9.17, 15) is 9.59 Å². The second-order valence-electron chi connectivity index (χ2n) is 7.51. The number of nitrogens with zero attached hydrogens (tertiary/aromatic N) is 3. The topological polar surface area (TPSA) is 67.2 Å². The zero-order valence-corrected chi connectivity index (χ0v) is 16.3. The molecule has 1 saturated carbocycles. The first kappa shape index (κ1) is 18.2. The maximum atomic E-state index is 12.9. The Balaban J connectivity index is 1.40. The SMILES string of the molecule is O=C(Nc1ccnn1C1CCCCC1)C1CCCN(C(=O)c2cccs2)C1. The summed E-state index contributed by atoms with van der Waals surface area (Å²) in [6, 6.07) is 5.99. The van der Waals surface area contributed by atoms with Crippen LogP contribution in [0.4, 0.5) is 5.82 Å². The van der Waals surface area contributed by atoms with Crippen molar-refractivity contribution in [2.45, 2.75) is 51.0 Å². The molecule has 0 spiro atoms. The molecule has 6 nitrogen and oxygen atoms in total. The molecule has 0 aromatic carbocycles. The molecule has 3 heterocycles. The van der Waals surface area contributed by atoms with Gasteiger partial charge >= 0.3 is 0 Å². The molecule has 2 fully saturated rings. The summed E-state index contributed by atoms with van der Waals surface area (Å²) >= 11 is 1.45. The van der Waals surface area contributed by atoms with Gasteiger partial charge in [0.15, 0.2) is 0 Å². The molecule has 2 aromatic heterocycles. The van der Waals surface area contributed by atoms with E-state index >= 15 is 0 Å². The standard InChI is InChI=1S/C20H26N4O2S/c25-19(22-18-10-11-21-24(18)16-7-2-1-3-8-16)15-6-4-12-23(14-15)20(26)17-9-5-13-27-17/h5,9-11,13,15-16H,1-4,6-8,12,14H2,(H,22,25). The van der Waals surface area contributed by atoms with Crippen LogP contribution in [0.5, 0.6) is 0 Å². The Bertz CT molecular complexity index is 780. The molecule has 0 bridgehead atoms. The molecule has 4 rings (SSSR count). The van der Waals surface area contributed by atoms with Gasteiger partial charge in [-0.25, -0.2) is 4.68 Å². The Kier molecular flexibility index (Phi) is 5.57. The van der Waals surface area contributed by atoms with Crippen molar-refractivity contribution in [1.29, 1.82) is 0 Å². The minimum atomic E-state index is -0.169. The predicted octanol–water partition coefficient (Wildman–Crippen LogP) is 3.94. The van der Waals surface area contributed by atoms with E-state index in [2.05, 4.69) is 10.4 Å². The number of anilines is 1. The minimum Gasteiger partial charge on any atom is -0.337 e. The Hall–Kier alpha value is -2.15. The number of nitrogens with one attached hydrogen (secondary N) is 1. The fourth-order valence-electron chi connectivity index (χ4n) is 4.19. The van der Waals surface area contributed by atoms with Gasteiger partial charge in [-0.2, -0.15) is 5.10 Å². The quantitative estimate of drug-likeness (QED) is 0.865. The van der Waals surface area contributed by atoms with E-state index in [4.69, 9.17) is 0 Å². The van der Waals surface area contributed by atoms with Crippen molar-refractivity contribution in [2.75, 3.05) is 18.4 Å². The Morgan fingerprint density at radius 1 is 1.11 bits per heavy atom. The fraction of sp³-hybridized carbons (Fsp3) is 0.550. The molecular weight excluding hydrogens is 360 g/mol. The van der Waals surface area contributed by atoms with Gasteiger partial charge in [0.05, 0.1) is 23.0 Å². The summed E-state index contributed by atoms with van der Waals surface area (Å²) in [5.74, 6) is 0.650. The molecule has 2 aromatic rings. The van der Waals surface area contributed by atoms with Crippen molar-refractivity contribution in [3.8, 4) is 0 Å². The third-order valence-corrected chi connectivity index (χ3v) is 6.51. The smallest absolute Gasteiger partial charge is 0.263 e. The lowest BCUT2D eigenvalue weighted by Crippen LogP contribution is -2.43. The van der Waals surface area contributed by atoms with Crippen molar-refractivity contribution in [2.24, 2.45) is 5.92 Å². The normalized spacial score (nSPS) is 21.2. The van der Waals surface area contributed by atoms with Crippen molar-refractivity contribution < 1.29 is 9.59 Å². The number of likely N-dealkylation sites (tertiary alicyclic amines) is 1. The third kappa shape index (κ3) is 4.08. The first-order chi connectivity index (χ1) is 13.2. The third-order valence-electron chi connectivity index (χ3n) is 5.65. The highest BCUT2D eigenvalue weighted by atomic mass is 32.1. The van der Waals surface area contributed by atoms with E-state index in [0.29, 0.717) is 12.6 Å². The van der Waals surface area contributed by atoms with Crippen molar-refractivity contribution in [3.05, 3.63) is 34.7 Å². The number of hydrogen-bond donors (Lipinski definition) is 1. The zero-order valence-electron chi connectivity index (χ0n) is 15.5. The lowest BCUT2D eigenvalue weighted by molar-refractivity contribution is -0.121. The summed E-state index contributed by atoms with van der Waals surface area (Å²) in [6.45, 7) is 1.21. The van der Waals surface area contributed by atoms with Crippen LogP contribution in [-0.2, 0) is 4.79 Å². The lowest BCUT2D eigenvalue weighted by Gasteiger charge is -2.32. The Labute approximate surface area is 163 Å². The molecule has 1 N–H and O–H groups in total. The molecule has 1 atom stereocenters. The van der Waals surface area contributed by atoms with Crippen LogP contribution >= 0.6 is 11.3 Å². The van der Waals surface area contributed by atoms with Gasteiger partial charge in [-0.15, -0.1) is 11.3 Å². The van der Waals surface area contributed by atoms with Gasteiger partial charge in [-0.3, -0.25) is 9.59 Å². The summed E-state index contributed by atoms with van der Waals surface area (Å²) in [5, 5.41) is 9.44. The number of aromatic nitrogens is 2. The number of amides is 2. The van der Waals surface area contributed by atoms with Gasteiger partial charge in [0.2, 0.25) is 5.91 Å². The van der Waals surface area contributed by atoms with Gasteiger partial charge in [0.1, 0.15) is 5.82 Å². The van der Waals surface area contributed by atoms with Crippen LogP contribution in [0.25, 0.3) is 0 Å². The lowest BCUT2D eigenvalue weighted by atomic mass is 9.95. The maximum absolute atomic E-state index is 12.9. The fourth-order valence-corrected chi connectivity index (χ4v) is 4.88. The predicted molar refractivity (Wildman–Crippen MR) is 106 cm³/mol. The molecule has 7 heteroatoms. The van der Waals surface area contributed by atoms with Crippen molar-refractivity contribution in [1.82, 2.24) is 14.7 Å². The summed E-state index contributed by atoms with van der Waals surface area (Å²) in [7, 11) is 0. The average Bonchev–Trinajstić information content (AvgIpc) is 3.40. The van der Waals surface area contributed by atoms with E-state index in [0.717, 1.165) is 42.9 Å². The molecule has 1 unspecified atom stereocenters. The molecule has 2 aliphatic rings. The number of carbonyl (C=O) groups excluding carboxylic acids is 2. The van der Waals surface area contributed by atoms with Crippen molar-refractivity contribution >= 4 is 29.0 Å². The largest absolute Gasteiger partial charge is 0.337 e. The summed E-state index contributed by atoms with van der Waals surface area (Å²) in [4.78, 5) is 28.0. The van der Waals surface area contributed by atoms with E-state index in [1.807, 2.05) is 33.2 Å². The van der Waals surface area contributed by atoms with Crippen LogP contribution in [0.2, 0.25) is 0 Å². The number of hydrogen-bond acceptors (Lipinski definition) is 4. The second-order valence-corrected chi connectivity index (χ2v) is 8.46. The van der Waals surface area contributed by atoms with Crippen LogP contribution in [0.15, 0.2) is 29.8 Å². The molecule has 1 aliphatic carbocycles. The van der Waals surface area contributed by atoms with Gasteiger partial charge < -0.3 is 10.2 Å². The van der Waals surface area contributed by atoms with Crippen molar-refractivity contribution in [3.63, 3.8) is 0 Å². The number of thiophene rings is 1. The summed E-state index contributed by atoms with van der Waals surface area (Å²) < 4.78 is 1.98. The average molecular weight is 387 g/mol. The number of piperidine rings is 1. The first-order valence-electron chi connectivity index (χ1n) is 9.89. The Morgan fingerprint density at radius 2 is 1.96 bits per heavy atom. The highest BCUT2D eigenvalue weighted by Crippen LogP contribution is 2.30. The molecule has 144 valence electrons. The van der Waals surface area contributed by atoms with Crippen LogP contribution < -0.4 is 5.32 Å². The van der Waals surface area contributed by atoms with E-state index < -0.39 is 0 Å². The molecule has 27 heavy (non-hydrogen) atoms. The minimum absolute atomic E-state index is 0.00348. The van der Waals surface area contributed by atoms with Crippen LogP contribution in [-0.4, -0.2) is 39.6 Å². The maximum Gasteiger partial charge on any atom is 0.263 e. The van der Waals surface area contributed by atoms with Gasteiger partial charge in [0, 0.05) is 19.2 Å². The molecule has 1 aliphatic heterocycles. The van der Waals surface area contributed by atoms with Crippen LogP contribution in [0, 0.1) is 5.92 Å².